The largest absolute Gasteiger partial charge is 0.339 e. The molecule has 4 nitrogen and oxygen atoms in total. The molecule has 1 aromatic carbocycles. The van der Waals surface area contributed by atoms with Crippen LogP contribution < -0.4 is 11.3 Å². The number of carbonyl (C=O) groups is 1. The number of nitrogen functional groups attached to an aromatic ring is 1. The highest BCUT2D eigenvalue weighted by molar-refractivity contribution is 5.99. The van der Waals surface area contributed by atoms with Crippen molar-refractivity contribution in [2.45, 2.75) is 33.1 Å². The average Bonchev–Trinajstić information content (AvgIpc) is 2.59. The molecule has 0 atom stereocenters. The van der Waals surface area contributed by atoms with Crippen LogP contribution in [0.25, 0.3) is 0 Å². The Bertz CT molecular complexity index is 456. The van der Waals surface area contributed by atoms with E-state index in [0.29, 0.717) is 16.7 Å². The van der Waals surface area contributed by atoms with Gasteiger partial charge in [0.25, 0.3) is 5.91 Å². The molecule has 0 aromatic heterocycles. The highest BCUT2D eigenvalue weighted by Gasteiger charge is 2.26. The number of hydrogen-bond donors (Lipinski definition) is 2. The van der Waals surface area contributed by atoms with Gasteiger partial charge in [0.05, 0.1) is 11.3 Å². The molecule has 1 fully saturated rings. The third-order valence-corrected chi connectivity index (χ3v) is 3.94. The number of nitrogens with one attached hydrogen (secondary N) is 1. The van der Waals surface area contributed by atoms with Crippen LogP contribution in [0.4, 0.5) is 5.69 Å². The van der Waals surface area contributed by atoms with Crippen LogP contribution in [0.3, 0.4) is 0 Å². The van der Waals surface area contributed by atoms with Gasteiger partial charge < -0.3 is 10.3 Å². The first-order valence-corrected chi connectivity index (χ1v) is 6.88. The van der Waals surface area contributed by atoms with Crippen molar-refractivity contribution < 1.29 is 4.79 Å². The molecule has 0 radical (unpaired) electrons. The predicted octanol–water partition coefficient (Wildman–Crippen LogP) is 2.62. The molecule has 1 amide bonds. The van der Waals surface area contributed by atoms with Crippen LogP contribution in [0.15, 0.2) is 24.3 Å². The van der Waals surface area contributed by atoms with Crippen molar-refractivity contribution in [3.05, 3.63) is 29.8 Å². The average molecular weight is 261 g/mol. The molecular formula is C15H23N3O. The summed E-state index contributed by atoms with van der Waals surface area (Å²) < 4.78 is 0. The zero-order chi connectivity index (χ0) is 13.9. The molecule has 0 spiro atoms. The molecule has 19 heavy (non-hydrogen) atoms. The second-order valence-corrected chi connectivity index (χ2v) is 6.00. The summed E-state index contributed by atoms with van der Waals surface area (Å²) in [5.41, 5.74) is 4.28. The Balaban J connectivity index is 2.15. The van der Waals surface area contributed by atoms with Crippen LogP contribution in [0.2, 0.25) is 0 Å². The molecule has 2 rings (SSSR count). The van der Waals surface area contributed by atoms with Gasteiger partial charge in [-0.3, -0.25) is 10.6 Å². The number of carbonyl (C=O) groups excluding carboxylic acids is 1. The Morgan fingerprint density at radius 2 is 2.00 bits per heavy atom. The van der Waals surface area contributed by atoms with Crippen LogP contribution in [0.5, 0.6) is 0 Å². The van der Waals surface area contributed by atoms with Crippen molar-refractivity contribution in [2.75, 3.05) is 18.5 Å². The summed E-state index contributed by atoms with van der Waals surface area (Å²) in [5.74, 6) is 5.55. The van der Waals surface area contributed by atoms with E-state index in [-0.39, 0.29) is 5.91 Å². The molecule has 0 saturated carbocycles. The number of rotatable bonds is 2. The number of hydrazine groups is 1. The number of benzene rings is 1. The van der Waals surface area contributed by atoms with Gasteiger partial charge in [0.15, 0.2) is 0 Å². The minimum absolute atomic E-state index is 0.0752. The summed E-state index contributed by atoms with van der Waals surface area (Å²) in [4.78, 5) is 14.5. The van der Waals surface area contributed by atoms with Crippen molar-refractivity contribution in [3.63, 3.8) is 0 Å². The number of amides is 1. The molecule has 0 aliphatic carbocycles. The first-order chi connectivity index (χ1) is 9.03. The molecule has 1 saturated heterocycles. The SMILES string of the molecule is CC1(C)CCCN(C(=O)c2ccccc2NN)CC1. The number of anilines is 1. The van der Waals surface area contributed by atoms with E-state index in [1.165, 1.54) is 6.42 Å². The summed E-state index contributed by atoms with van der Waals surface area (Å²) in [6.07, 6.45) is 3.29. The molecule has 4 heteroatoms. The fourth-order valence-corrected chi connectivity index (χ4v) is 2.59. The number of nitrogens with zero attached hydrogens (tertiary/aromatic N) is 1. The van der Waals surface area contributed by atoms with Gasteiger partial charge in [0.2, 0.25) is 0 Å². The van der Waals surface area contributed by atoms with E-state index in [1.54, 1.807) is 0 Å². The van der Waals surface area contributed by atoms with Gasteiger partial charge in [0.1, 0.15) is 0 Å². The molecule has 104 valence electrons. The van der Waals surface area contributed by atoms with E-state index in [4.69, 9.17) is 5.84 Å². The smallest absolute Gasteiger partial charge is 0.256 e. The Labute approximate surface area is 114 Å². The molecule has 0 unspecified atom stereocenters. The van der Waals surface area contributed by atoms with E-state index in [1.807, 2.05) is 29.2 Å². The first kappa shape index (κ1) is 13.9. The predicted molar refractivity (Wildman–Crippen MR) is 77.8 cm³/mol. The van der Waals surface area contributed by atoms with Crippen LogP contribution >= 0.6 is 0 Å². The lowest BCUT2D eigenvalue weighted by molar-refractivity contribution is 0.0758. The third kappa shape index (κ3) is 3.26. The number of nitrogens with two attached hydrogens (primary N) is 1. The lowest BCUT2D eigenvalue weighted by atomic mass is 9.85. The summed E-state index contributed by atoms with van der Waals surface area (Å²) in [6.45, 7) is 6.21. The maximum atomic E-state index is 12.6. The molecule has 3 N–H and O–H groups in total. The molecule has 1 aliphatic rings. The maximum absolute atomic E-state index is 12.6. The zero-order valence-electron chi connectivity index (χ0n) is 11.8. The first-order valence-electron chi connectivity index (χ1n) is 6.88. The van der Waals surface area contributed by atoms with Crippen LogP contribution in [0, 0.1) is 5.41 Å². The van der Waals surface area contributed by atoms with E-state index < -0.39 is 0 Å². The standard InChI is InChI=1S/C15H23N3O/c1-15(2)8-5-10-18(11-9-15)14(19)12-6-3-4-7-13(12)17-16/h3-4,6-7,17H,5,8-11,16H2,1-2H3. The Kier molecular flexibility index (Phi) is 4.10. The molecule has 0 bridgehead atoms. The van der Waals surface area contributed by atoms with Crippen molar-refractivity contribution in [2.24, 2.45) is 11.3 Å². The summed E-state index contributed by atoms with van der Waals surface area (Å²) >= 11 is 0. The lowest BCUT2D eigenvalue weighted by Crippen LogP contribution is -2.33. The molecule has 1 aromatic rings. The van der Waals surface area contributed by atoms with Gasteiger partial charge in [-0.2, -0.15) is 0 Å². The van der Waals surface area contributed by atoms with Gasteiger partial charge in [0, 0.05) is 13.1 Å². The van der Waals surface area contributed by atoms with Crippen molar-refractivity contribution in [3.8, 4) is 0 Å². The second kappa shape index (κ2) is 5.61. The van der Waals surface area contributed by atoms with E-state index >= 15 is 0 Å². The molecule has 1 heterocycles. The maximum Gasteiger partial charge on any atom is 0.256 e. The van der Waals surface area contributed by atoms with Crippen molar-refractivity contribution >= 4 is 11.6 Å². The minimum atomic E-state index is 0.0752. The lowest BCUT2D eigenvalue weighted by Gasteiger charge is -2.24. The van der Waals surface area contributed by atoms with Gasteiger partial charge in [-0.1, -0.05) is 26.0 Å². The zero-order valence-corrected chi connectivity index (χ0v) is 11.8. The topological polar surface area (TPSA) is 58.4 Å². The third-order valence-electron chi connectivity index (χ3n) is 3.94. The van der Waals surface area contributed by atoms with Crippen LogP contribution in [-0.4, -0.2) is 23.9 Å². The second-order valence-electron chi connectivity index (χ2n) is 6.00. The number of hydrogen-bond acceptors (Lipinski definition) is 3. The summed E-state index contributed by atoms with van der Waals surface area (Å²) in [5, 5.41) is 0. The van der Waals surface area contributed by atoms with Crippen molar-refractivity contribution in [1.82, 2.24) is 4.90 Å². The Morgan fingerprint density at radius 3 is 2.74 bits per heavy atom. The number of likely N-dealkylation sites (tertiary alicyclic amines) is 1. The van der Waals surface area contributed by atoms with Gasteiger partial charge in [-0.25, -0.2) is 0 Å². The normalized spacial score (nSPS) is 18.8. The van der Waals surface area contributed by atoms with E-state index in [9.17, 15) is 4.79 Å². The summed E-state index contributed by atoms with van der Waals surface area (Å²) in [7, 11) is 0. The Morgan fingerprint density at radius 1 is 1.26 bits per heavy atom. The highest BCUT2D eigenvalue weighted by Crippen LogP contribution is 2.30. The highest BCUT2D eigenvalue weighted by atomic mass is 16.2. The van der Waals surface area contributed by atoms with Crippen molar-refractivity contribution in [1.29, 1.82) is 0 Å². The molecular weight excluding hydrogens is 238 g/mol. The quantitative estimate of drug-likeness (QED) is 0.635. The van der Waals surface area contributed by atoms with Gasteiger partial charge in [-0.15, -0.1) is 0 Å². The minimum Gasteiger partial charge on any atom is -0.339 e. The van der Waals surface area contributed by atoms with Gasteiger partial charge in [-0.05, 0) is 36.8 Å². The van der Waals surface area contributed by atoms with Gasteiger partial charge >= 0.3 is 0 Å². The fraction of sp³-hybridized carbons (Fsp3) is 0.533. The van der Waals surface area contributed by atoms with E-state index in [2.05, 4.69) is 19.3 Å². The Hall–Kier alpha value is -1.55. The summed E-state index contributed by atoms with van der Waals surface area (Å²) in [6, 6.07) is 7.40. The fourth-order valence-electron chi connectivity index (χ4n) is 2.59. The van der Waals surface area contributed by atoms with Crippen LogP contribution in [-0.2, 0) is 0 Å². The van der Waals surface area contributed by atoms with E-state index in [0.717, 1.165) is 25.9 Å². The number of para-hydroxylation sites is 1. The molecule has 1 aliphatic heterocycles. The van der Waals surface area contributed by atoms with Crippen LogP contribution in [0.1, 0.15) is 43.5 Å². The monoisotopic (exact) mass is 261 g/mol.